The van der Waals surface area contributed by atoms with E-state index in [0.717, 1.165) is 0 Å². The number of hydrogen-bond donors (Lipinski definition) is 1. The van der Waals surface area contributed by atoms with Crippen LogP contribution < -0.4 is 4.90 Å². The van der Waals surface area contributed by atoms with Crippen LogP contribution in [-0.2, 0) is 0 Å². The number of piperazine rings is 1. The van der Waals surface area contributed by atoms with Gasteiger partial charge in [0.15, 0.2) is 11.5 Å². The van der Waals surface area contributed by atoms with Crippen molar-refractivity contribution in [3.8, 4) is 6.07 Å². The van der Waals surface area contributed by atoms with Gasteiger partial charge in [-0.15, -0.1) is 10.2 Å². The summed E-state index contributed by atoms with van der Waals surface area (Å²) in [6.45, 7) is 2.09. The summed E-state index contributed by atoms with van der Waals surface area (Å²) in [5.74, 6) is 0.675. The SMILES string of the molecule is N#Cc1ccc(N2CCN(C(=O)O)CC2)nn1. The normalized spacial score (nSPS) is 15.5. The van der Waals surface area contributed by atoms with Crippen molar-refractivity contribution in [3.63, 3.8) is 0 Å². The molecule has 1 aromatic rings. The van der Waals surface area contributed by atoms with Gasteiger partial charge < -0.3 is 14.9 Å². The van der Waals surface area contributed by atoms with Crippen LogP contribution in [0.1, 0.15) is 5.69 Å². The summed E-state index contributed by atoms with van der Waals surface area (Å²) in [5.41, 5.74) is 0.276. The first-order valence-electron chi connectivity index (χ1n) is 5.17. The third kappa shape index (κ3) is 2.42. The van der Waals surface area contributed by atoms with E-state index < -0.39 is 6.09 Å². The average Bonchev–Trinajstić information content (AvgIpc) is 2.39. The molecule has 0 saturated carbocycles. The van der Waals surface area contributed by atoms with E-state index in [4.69, 9.17) is 10.4 Å². The first-order chi connectivity index (χ1) is 8.20. The molecule has 1 fully saturated rings. The Morgan fingerprint density at radius 1 is 1.29 bits per heavy atom. The molecule has 7 nitrogen and oxygen atoms in total. The highest BCUT2D eigenvalue weighted by Crippen LogP contribution is 2.12. The van der Waals surface area contributed by atoms with Gasteiger partial charge >= 0.3 is 6.09 Å². The Kier molecular flexibility index (Phi) is 3.05. The zero-order valence-corrected chi connectivity index (χ0v) is 9.07. The molecule has 0 radical (unpaired) electrons. The Balaban J connectivity index is 2.00. The van der Waals surface area contributed by atoms with E-state index >= 15 is 0 Å². The molecule has 1 saturated heterocycles. The van der Waals surface area contributed by atoms with Gasteiger partial charge in [0.1, 0.15) is 6.07 Å². The third-order valence-corrected chi connectivity index (χ3v) is 2.64. The summed E-state index contributed by atoms with van der Waals surface area (Å²) >= 11 is 0. The van der Waals surface area contributed by atoms with E-state index in [-0.39, 0.29) is 5.69 Å². The number of hydrogen-bond acceptors (Lipinski definition) is 5. The zero-order chi connectivity index (χ0) is 12.3. The zero-order valence-electron chi connectivity index (χ0n) is 9.07. The number of carbonyl (C=O) groups is 1. The lowest BCUT2D eigenvalue weighted by molar-refractivity contribution is 0.142. The predicted molar refractivity (Wildman–Crippen MR) is 58.6 cm³/mol. The molecule has 2 heterocycles. The number of anilines is 1. The number of nitriles is 1. The van der Waals surface area contributed by atoms with Gasteiger partial charge in [0.25, 0.3) is 0 Å². The molecule has 17 heavy (non-hydrogen) atoms. The van der Waals surface area contributed by atoms with Crippen LogP contribution >= 0.6 is 0 Å². The molecule has 7 heteroatoms. The van der Waals surface area contributed by atoms with Crippen LogP contribution in [0.25, 0.3) is 0 Å². The number of amides is 1. The average molecular weight is 233 g/mol. The minimum absolute atomic E-state index is 0.276. The maximum absolute atomic E-state index is 10.7. The molecule has 0 spiro atoms. The summed E-state index contributed by atoms with van der Waals surface area (Å²) in [6.07, 6.45) is -0.893. The topological polar surface area (TPSA) is 93.4 Å². The van der Waals surface area contributed by atoms with Crippen LogP contribution in [0.3, 0.4) is 0 Å². The van der Waals surface area contributed by atoms with Crippen molar-refractivity contribution in [3.05, 3.63) is 17.8 Å². The summed E-state index contributed by atoms with van der Waals surface area (Å²) in [6, 6.07) is 5.23. The lowest BCUT2D eigenvalue weighted by Gasteiger charge is -2.33. The Labute approximate surface area is 97.9 Å². The van der Waals surface area contributed by atoms with Gasteiger partial charge in [0.2, 0.25) is 0 Å². The highest BCUT2D eigenvalue weighted by Gasteiger charge is 2.21. The monoisotopic (exact) mass is 233 g/mol. The fraction of sp³-hybridized carbons (Fsp3) is 0.400. The molecule has 1 aliphatic rings. The molecule has 0 bridgehead atoms. The number of rotatable bonds is 1. The van der Waals surface area contributed by atoms with Gasteiger partial charge in [0.05, 0.1) is 0 Å². The largest absolute Gasteiger partial charge is 0.465 e. The first kappa shape index (κ1) is 11.1. The quantitative estimate of drug-likeness (QED) is 0.742. The van der Waals surface area contributed by atoms with Crippen LogP contribution in [0, 0.1) is 11.3 Å². The van der Waals surface area contributed by atoms with Crippen molar-refractivity contribution in [1.29, 1.82) is 5.26 Å². The molecule has 1 aromatic heterocycles. The Morgan fingerprint density at radius 2 is 2.00 bits per heavy atom. The molecule has 0 aliphatic carbocycles. The minimum atomic E-state index is -0.893. The Bertz CT molecular complexity index is 445. The fourth-order valence-electron chi connectivity index (χ4n) is 1.68. The smallest absolute Gasteiger partial charge is 0.407 e. The highest BCUT2D eigenvalue weighted by molar-refractivity contribution is 5.65. The van der Waals surface area contributed by atoms with Crippen molar-refractivity contribution in [2.45, 2.75) is 0 Å². The van der Waals surface area contributed by atoms with Gasteiger partial charge in [-0.25, -0.2) is 4.79 Å². The standard InChI is InChI=1S/C10H11N5O2/c11-7-8-1-2-9(13-12-8)14-3-5-15(6-4-14)10(16)17/h1-2H,3-6H2,(H,16,17). The fourth-order valence-corrected chi connectivity index (χ4v) is 1.68. The van der Waals surface area contributed by atoms with Gasteiger partial charge in [0, 0.05) is 26.2 Å². The van der Waals surface area contributed by atoms with Gasteiger partial charge in [-0.05, 0) is 12.1 Å². The second kappa shape index (κ2) is 4.65. The lowest BCUT2D eigenvalue weighted by Crippen LogP contribution is -2.48. The van der Waals surface area contributed by atoms with Gasteiger partial charge in [-0.1, -0.05) is 0 Å². The van der Waals surface area contributed by atoms with Crippen LogP contribution in [0.5, 0.6) is 0 Å². The molecule has 88 valence electrons. The number of aromatic nitrogens is 2. The Hall–Kier alpha value is -2.36. The highest BCUT2D eigenvalue weighted by atomic mass is 16.4. The van der Waals surface area contributed by atoms with Crippen LogP contribution in [0.15, 0.2) is 12.1 Å². The second-order valence-electron chi connectivity index (χ2n) is 3.65. The number of carboxylic acid groups (broad SMARTS) is 1. The molecule has 2 rings (SSSR count). The van der Waals surface area contributed by atoms with E-state index in [2.05, 4.69) is 10.2 Å². The molecule has 1 amide bonds. The van der Waals surface area contributed by atoms with Crippen molar-refractivity contribution in [2.24, 2.45) is 0 Å². The lowest BCUT2D eigenvalue weighted by atomic mass is 10.3. The van der Waals surface area contributed by atoms with Gasteiger partial charge in [-0.3, -0.25) is 0 Å². The summed E-state index contributed by atoms with van der Waals surface area (Å²) in [4.78, 5) is 14.0. The first-order valence-corrected chi connectivity index (χ1v) is 5.17. The van der Waals surface area contributed by atoms with Crippen LogP contribution in [0.4, 0.5) is 10.6 Å². The second-order valence-corrected chi connectivity index (χ2v) is 3.65. The third-order valence-electron chi connectivity index (χ3n) is 2.64. The molecule has 1 N–H and O–H groups in total. The molecular weight excluding hydrogens is 222 g/mol. The maximum atomic E-state index is 10.7. The van der Waals surface area contributed by atoms with E-state index in [1.807, 2.05) is 11.0 Å². The van der Waals surface area contributed by atoms with Crippen LogP contribution in [0.2, 0.25) is 0 Å². The minimum Gasteiger partial charge on any atom is -0.465 e. The van der Waals surface area contributed by atoms with E-state index in [1.54, 1.807) is 12.1 Å². The summed E-state index contributed by atoms with van der Waals surface area (Å²) in [7, 11) is 0. The molecular formula is C10H11N5O2. The van der Waals surface area contributed by atoms with Crippen molar-refractivity contribution in [2.75, 3.05) is 31.1 Å². The predicted octanol–water partition coefficient (Wildman–Crippen LogP) is 0.148. The summed E-state index contributed by atoms with van der Waals surface area (Å²) < 4.78 is 0. The van der Waals surface area contributed by atoms with E-state index in [9.17, 15) is 4.79 Å². The van der Waals surface area contributed by atoms with E-state index in [1.165, 1.54) is 4.90 Å². The molecule has 0 aromatic carbocycles. The number of nitrogens with zero attached hydrogens (tertiary/aromatic N) is 5. The maximum Gasteiger partial charge on any atom is 0.407 e. The van der Waals surface area contributed by atoms with Crippen molar-refractivity contribution in [1.82, 2.24) is 15.1 Å². The molecule has 1 aliphatic heterocycles. The molecule has 0 unspecified atom stereocenters. The molecule has 0 atom stereocenters. The Morgan fingerprint density at radius 3 is 2.47 bits per heavy atom. The van der Waals surface area contributed by atoms with Crippen molar-refractivity contribution < 1.29 is 9.90 Å². The van der Waals surface area contributed by atoms with Crippen LogP contribution in [-0.4, -0.2) is 52.5 Å². The summed E-state index contributed by atoms with van der Waals surface area (Å²) in [5, 5.41) is 25.1. The van der Waals surface area contributed by atoms with E-state index in [0.29, 0.717) is 32.0 Å². The van der Waals surface area contributed by atoms with Gasteiger partial charge in [-0.2, -0.15) is 5.26 Å². The van der Waals surface area contributed by atoms with Crippen molar-refractivity contribution >= 4 is 11.9 Å².